The Morgan fingerprint density at radius 2 is 2.07 bits per heavy atom. The summed E-state index contributed by atoms with van der Waals surface area (Å²) < 4.78 is 43.5. The molecule has 164 valence electrons. The zero-order valence-corrected chi connectivity index (χ0v) is 17.0. The van der Waals surface area contributed by atoms with Crippen molar-refractivity contribution in [1.29, 1.82) is 0 Å². The minimum absolute atomic E-state index is 0.00898. The van der Waals surface area contributed by atoms with E-state index < -0.39 is 12.1 Å². The highest BCUT2D eigenvalue weighted by molar-refractivity contribution is 7.09. The van der Waals surface area contributed by atoms with Crippen molar-refractivity contribution in [1.82, 2.24) is 9.80 Å². The first kappa shape index (κ1) is 23.6. The molecule has 2 fully saturated rings. The largest absolute Gasteiger partial charge is 0.490 e. The number of ether oxygens (including phenoxy) is 2. The van der Waals surface area contributed by atoms with Gasteiger partial charge in [0.05, 0.1) is 18.8 Å². The van der Waals surface area contributed by atoms with E-state index in [2.05, 4.69) is 22.4 Å². The number of halogens is 3. The fourth-order valence-corrected chi connectivity index (χ4v) is 4.01. The normalized spacial score (nSPS) is 24.4. The lowest BCUT2D eigenvalue weighted by Gasteiger charge is -2.38. The molecule has 1 aromatic heterocycles. The van der Waals surface area contributed by atoms with Gasteiger partial charge in [0.1, 0.15) is 6.61 Å². The second-order valence-corrected chi connectivity index (χ2v) is 8.00. The van der Waals surface area contributed by atoms with Crippen molar-refractivity contribution in [3.8, 4) is 0 Å². The molecule has 3 rings (SSSR count). The number of likely N-dealkylation sites (N-methyl/N-ethyl adjacent to an activating group) is 1. The van der Waals surface area contributed by atoms with E-state index in [0.717, 1.165) is 32.5 Å². The van der Waals surface area contributed by atoms with Crippen LogP contribution in [0.5, 0.6) is 0 Å². The summed E-state index contributed by atoms with van der Waals surface area (Å²) in [6.07, 6.45) is -2.89. The van der Waals surface area contributed by atoms with Crippen molar-refractivity contribution in [2.45, 2.75) is 43.8 Å². The van der Waals surface area contributed by atoms with Crippen molar-refractivity contribution < 1.29 is 37.3 Å². The number of nitrogens with zero attached hydrogens (tertiary/aromatic N) is 2. The summed E-state index contributed by atoms with van der Waals surface area (Å²) in [6.45, 7) is 2.86. The van der Waals surface area contributed by atoms with Crippen molar-refractivity contribution in [3.05, 3.63) is 22.4 Å². The minimum Gasteiger partial charge on any atom is -0.475 e. The molecule has 11 heteroatoms. The third-order valence-corrected chi connectivity index (χ3v) is 5.61. The molecular formula is C18H25F3N2O5S. The smallest absolute Gasteiger partial charge is 0.475 e. The molecule has 0 bridgehead atoms. The highest BCUT2D eigenvalue weighted by Gasteiger charge is 2.43. The maximum absolute atomic E-state index is 11.7. The predicted molar refractivity (Wildman–Crippen MR) is 99.6 cm³/mol. The van der Waals surface area contributed by atoms with Crippen LogP contribution in [-0.4, -0.2) is 85.1 Å². The molecular weight excluding hydrogens is 413 g/mol. The number of carbonyl (C=O) groups excluding carboxylic acids is 1. The van der Waals surface area contributed by atoms with E-state index in [-0.39, 0.29) is 24.7 Å². The quantitative estimate of drug-likeness (QED) is 0.760. The van der Waals surface area contributed by atoms with Crippen LogP contribution in [-0.2, 0) is 25.6 Å². The Labute approximate surface area is 171 Å². The molecule has 1 aromatic rings. The number of carboxylic acids is 1. The zero-order valence-electron chi connectivity index (χ0n) is 16.2. The molecule has 1 amide bonds. The molecule has 1 saturated heterocycles. The van der Waals surface area contributed by atoms with Crippen LogP contribution in [0.1, 0.15) is 17.7 Å². The Bertz CT molecular complexity index is 669. The number of rotatable bonds is 5. The van der Waals surface area contributed by atoms with E-state index in [1.54, 1.807) is 30.3 Å². The first-order valence-corrected chi connectivity index (χ1v) is 9.97. The van der Waals surface area contributed by atoms with Gasteiger partial charge in [-0.2, -0.15) is 13.2 Å². The Balaban J connectivity index is 0.000000370. The number of thiophene rings is 1. The number of carbonyl (C=O) groups is 2. The molecule has 0 aromatic carbocycles. The van der Waals surface area contributed by atoms with Gasteiger partial charge in [-0.3, -0.25) is 9.69 Å². The van der Waals surface area contributed by atoms with Gasteiger partial charge in [-0.15, -0.1) is 11.3 Å². The standard InChI is InChI=1S/C16H24N2O3S.C2HF3O2/c1-17(2)15(19)11-21-14-6-5-13-16(14)20-8-7-18(13)10-12-4-3-9-22-12;3-2(4,5)1(6)7/h3-4,9,13-14,16H,5-8,10-11H2,1-2H3;(H,6,7)/t13-,14+,16+;/m0./s1. The monoisotopic (exact) mass is 438 g/mol. The van der Waals surface area contributed by atoms with Crippen LogP contribution in [0.25, 0.3) is 0 Å². The average molecular weight is 438 g/mol. The topological polar surface area (TPSA) is 79.3 Å². The van der Waals surface area contributed by atoms with E-state index in [1.165, 1.54) is 4.88 Å². The fourth-order valence-electron chi connectivity index (χ4n) is 3.28. The van der Waals surface area contributed by atoms with Gasteiger partial charge < -0.3 is 19.5 Å². The van der Waals surface area contributed by atoms with E-state index in [9.17, 15) is 18.0 Å². The number of amides is 1. The first-order chi connectivity index (χ1) is 13.6. The van der Waals surface area contributed by atoms with Gasteiger partial charge in [0.25, 0.3) is 0 Å². The van der Waals surface area contributed by atoms with Gasteiger partial charge >= 0.3 is 12.1 Å². The number of aliphatic carboxylic acids is 1. The summed E-state index contributed by atoms with van der Waals surface area (Å²) >= 11 is 1.80. The minimum atomic E-state index is -5.08. The van der Waals surface area contributed by atoms with Crippen LogP contribution in [0.3, 0.4) is 0 Å². The lowest BCUT2D eigenvalue weighted by molar-refractivity contribution is -0.192. The van der Waals surface area contributed by atoms with Gasteiger partial charge in [0.2, 0.25) is 5.91 Å². The Morgan fingerprint density at radius 3 is 2.62 bits per heavy atom. The maximum Gasteiger partial charge on any atom is 0.490 e. The number of alkyl halides is 3. The predicted octanol–water partition coefficient (Wildman–Crippen LogP) is 2.22. The maximum atomic E-state index is 11.7. The fraction of sp³-hybridized carbons (Fsp3) is 0.667. The Kier molecular flexibility index (Phi) is 8.44. The van der Waals surface area contributed by atoms with Crippen molar-refractivity contribution in [2.75, 3.05) is 33.9 Å². The summed E-state index contributed by atoms with van der Waals surface area (Å²) in [6, 6.07) is 4.70. The molecule has 2 heterocycles. The van der Waals surface area contributed by atoms with Crippen LogP contribution in [0.2, 0.25) is 0 Å². The van der Waals surface area contributed by atoms with Gasteiger partial charge in [0, 0.05) is 38.1 Å². The highest BCUT2D eigenvalue weighted by Crippen LogP contribution is 2.33. The summed E-state index contributed by atoms with van der Waals surface area (Å²) in [5, 5.41) is 9.25. The molecule has 1 N–H and O–H groups in total. The molecule has 0 unspecified atom stereocenters. The number of hydrogen-bond donors (Lipinski definition) is 1. The van der Waals surface area contributed by atoms with Crippen LogP contribution < -0.4 is 0 Å². The lowest BCUT2D eigenvalue weighted by Crippen LogP contribution is -2.51. The number of fused-ring (bicyclic) bond motifs is 1. The summed E-state index contributed by atoms with van der Waals surface area (Å²) in [5.41, 5.74) is 0. The third-order valence-electron chi connectivity index (χ3n) is 4.75. The van der Waals surface area contributed by atoms with Crippen LogP contribution in [0.4, 0.5) is 13.2 Å². The molecule has 1 aliphatic heterocycles. The third kappa shape index (κ3) is 6.95. The lowest BCUT2D eigenvalue weighted by atomic mass is 10.1. The molecule has 29 heavy (non-hydrogen) atoms. The van der Waals surface area contributed by atoms with Crippen molar-refractivity contribution in [2.24, 2.45) is 0 Å². The van der Waals surface area contributed by atoms with Gasteiger partial charge in [-0.05, 0) is 24.3 Å². The molecule has 1 aliphatic carbocycles. The van der Waals surface area contributed by atoms with E-state index in [4.69, 9.17) is 19.4 Å². The number of morpholine rings is 1. The van der Waals surface area contributed by atoms with E-state index >= 15 is 0 Å². The second-order valence-electron chi connectivity index (χ2n) is 6.97. The average Bonchev–Trinajstić information content (AvgIpc) is 3.29. The van der Waals surface area contributed by atoms with Crippen LogP contribution in [0.15, 0.2) is 17.5 Å². The Morgan fingerprint density at radius 1 is 1.38 bits per heavy atom. The molecule has 2 aliphatic rings. The van der Waals surface area contributed by atoms with Crippen LogP contribution >= 0.6 is 11.3 Å². The second kappa shape index (κ2) is 10.4. The Hall–Kier alpha value is -1.69. The molecule has 0 radical (unpaired) electrons. The molecule has 0 spiro atoms. The first-order valence-electron chi connectivity index (χ1n) is 9.09. The van der Waals surface area contributed by atoms with Crippen molar-refractivity contribution in [3.63, 3.8) is 0 Å². The SMILES string of the molecule is CN(C)C(=O)CO[C@@H]1CC[C@H]2[C@H]1OCCN2Cc1cccs1.O=C(O)C(F)(F)F. The molecule has 7 nitrogen and oxygen atoms in total. The number of carboxylic acid groups (broad SMARTS) is 1. The zero-order chi connectivity index (χ0) is 21.6. The van der Waals surface area contributed by atoms with Gasteiger partial charge in [-0.25, -0.2) is 4.79 Å². The summed E-state index contributed by atoms with van der Waals surface area (Å²) in [5.74, 6) is -2.75. The van der Waals surface area contributed by atoms with Crippen LogP contribution in [0, 0.1) is 0 Å². The number of hydrogen-bond acceptors (Lipinski definition) is 6. The molecule has 3 atom stereocenters. The highest BCUT2D eigenvalue weighted by atomic mass is 32.1. The van der Waals surface area contributed by atoms with E-state index in [0.29, 0.717) is 6.04 Å². The van der Waals surface area contributed by atoms with Gasteiger partial charge in [-0.1, -0.05) is 6.07 Å². The summed E-state index contributed by atoms with van der Waals surface area (Å²) in [7, 11) is 3.51. The van der Waals surface area contributed by atoms with E-state index in [1.807, 2.05) is 0 Å². The van der Waals surface area contributed by atoms with Crippen molar-refractivity contribution >= 4 is 23.2 Å². The summed E-state index contributed by atoms with van der Waals surface area (Å²) in [4.78, 5) is 26.1. The molecule has 1 saturated carbocycles. The van der Waals surface area contributed by atoms with Gasteiger partial charge in [0.15, 0.2) is 0 Å².